The van der Waals surface area contributed by atoms with E-state index in [0.717, 1.165) is 25.4 Å². The Morgan fingerprint density at radius 2 is 1.90 bits per heavy atom. The Balaban J connectivity index is 1.87. The Morgan fingerprint density at radius 3 is 2.55 bits per heavy atom. The summed E-state index contributed by atoms with van der Waals surface area (Å²) in [5.74, 6) is 0.983. The van der Waals surface area contributed by atoms with Crippen molar-refractivity contribution in [1.82, 2.24) is 4.90 Å². The molecule has 3 heteroatoms. The minimum absolute atomic E-state index is 0.529. The van der Waals surface area contributed by atoms with E-state index >= 15 is 0 Å². The van der Waals surface area contributed by atoms with Gasteiger partial charge in [0.15, 0.2) is 0 Å². The summed E-state index contributed by atoms with van der Waals surface area (Å²) in [6, 6.07) is 7.53. The molecule has 1 aromatic carbocycles. The Hall–Kier alpha value is -1.06. The molecule has 0 aliphatic carbocycles. The standard InChI is InChI=1S/C17H28N2O/c1-13-9-14(2)11-17(10-13)20-8-7-19-15(3)5-4-6-16(19)12-18/h9-11,15-16H,4-8,12,18H2,1-3H3. The molecule has 0 radical (unpaired) electrons. The van der Waals surface area contributed by atoms with Crippen molar-refractivity contribution in [3.63, 3.8) is 0 Å². The highest BCUT2D eigenvalue weighted by Crippen LogP contribution is 2.22. The molecule has 2 unspecified atom stereocenters. The van der Waals surface area contributed by atoms with Gasteiger partial charge in [0.05, 0.1) is 0 Å². The van der Waals surface area contributed by atoms with Crippen molar-refractivity contribution < 1.29 is 4.74 Å². The average molecular weight is 276 g/mol. The van der Waals surface area contributed by atoms with Crippen molar-refractivity contribution in [3.05, 3.63) is 29.3 Å². The number of nitrogens with two attached hydrogens (primary N) is 1. The molecule has 1 heterocycles. The van der Waals surface area contributed by atoms with E-state index in [2.05, 4.69) is 43.9 Å². The molecule has 1 aliphatic heterocycles. The molecule has 20 heavy (non-hydrogen) atoms. The van der Waals surface area contributed by atoms with Gasteiger partial charge in [-0.2, -0.15) is 0 Å². The second-order valence-electron chi connectivity index (χ2n) is 6.08. The highest BCUT2D eigenvalue weighted by atomic mass is 16.5. The predicted octanol–water partition coefficient (Wildman–Crippen LogP) is 2.88. The first kappa shape index (κ1) is 15.3. The molecule has 0 bridgehead atoms. The first-order valence-corrected chi connectivity index (χ1v) is 7.77. The van der Waals surface area contributed by atoms with Crippen molar-refractivity contribution in [2.75, 3.05) is 19.7 Å². The first-order valence-electron chi connectivity index (χ1n) is 7.77. The molecule has 3 nitrogen and oxygen atoms in total. The van der Waals surface area contributed by atoms with E-state index in [1.165, 1.54) is 30.4 Å². The van der Waals surface area contributed by atoms with E-state index < -0.39 is 0 Å². The summed E-state index contributed by atoms with van der Waals surface area (Å²) >= 11 is 0. The van der Waals surface area contributed by atoms with Gasteiger partial charge in [0.25, 0.3) is 0 Å². The van der Waals surface area contributed by atoms with Crippen LogP contribution in [0.1, 0.15) is 37.3 Å². The number of ether oxygens (including phenoxy) is 1. The van der Waals surface area contributed by atoms with Crippen LogP contribution in [0.15, 0.2) is 18.2 Å². The maximum atomic E-state index is 5.93. The molecule has 1 saturated heterocycles. The Kier molecular flexibility index (Phi) is 5.44. The second-order valence-corrected chi connectivity index (χ2v) is 6.08. The molecule has 2 rings (SSSR count). The van der Waals surface area contributed by atoms with Crippen molar-refractivity contribution in [1.29, 1.82) is 0 Å². The van der Waals surface area contributed by atoms with E-state index in [9.17, 15) is 0 Å². The molecule has 1 aliphatic rings. The molecule has 112 valence electrons. The predicted molar refractivity (Wildman–Crippen MR) is 84.3 cm³/mol. The monoisotopic (exact) mass is 276 g/mol. The lowest BCUT2D eigenvalue weighted by Gasteiger charge is -2.40. The van der Waals surface area contributed by atoms with Crippen LogP contribution in [0.25, 0.3) is 0 Å². The zero-order valence-electron chi connectivity index (χ0n) is 13.1. The van der Waals surface area contributed by atoms with Crippen LogP contribution >= 0.6 is 0 Å². The Labute approximate surface area is 123 Å². The summed E-state index contributed by atoms with van der Waals surface area (Å²) in [4.78, 5) is 2.52. The third kappa shape index (κ3) is 3.97. The van der Waals surface area contributed by atoms with Crippen LogP contribution in [-0.2, 0) is 0 Å². The van der Waals surface area contributed by atoms with Crippen LogP contribution in [0.5, 0.6) is 5.75 Å². The molecule has 1 aromatic rings. The van der Waals surface area contributed by atoms with Crippen LogP contribution < -0.4 is 10.5 Å². The van der Waals surface area contributed by atoms with E-state index in [4.69, 9.17) is 10.5 Å². The van der Waals surface area contributed by atoms with Crippen molar-refractivity contribution in [2.24, 2.45) is 5.73 Å². The average Bonchev–Trinajstić information content (AvgIpc) is 2.39. The van der Waals surface area contributed by atoms with E-state index in [1.807, 2.05) is 0 Å². The lowest BCUT2D eigenvalue weighted by molar-refractivity contribution is 0.0799. The maximum absolute atomic E-state index is 5.93. The summed E-state index contributed by atoms with van der Waals surface area (Å²) in [6.45, 7) is 8.99. The molecule has 2 atom stereocenters. The van der Waals surface area contributed by atoms with Gasteiger partial charge in [-0.3, -0.25) is 4.90 Å². The van der Waals surface area contributed by atoms with Crippen LogP contribution in [0.2, 0.25) is 0 Å². The molecular weight excluding hydrogens is 248 g/mol. The fourth-order valence-electron chi connectivity index (χ4n) is 3.28. The summed E-state index contributed by atoms with van der Waals surface area (Å²) in [5.41, 5.74) is 8.41. The summed E-state index contributed by atoms with van der Waals surface area (Å²) in [5, 5.41) is 0. The first-order chi connectivity index (χ1) is 9.60. The van der Waals surface area contributed by atoms with Gasteiger partial charge in [-0.25, -0.2) is 0 Å². The number of aryl methyl sites for hydroxylation is 2. The number of rotatable bonds is 5. The van der Waals surface area contributed by atoms with Crippen LogP contribution in [0.4, 0.5) is 0 Å². The van der Waals surface area contributed by atoms with Gasteiger partial charge < -0.3 is 10.5 Å². The summed E-state index contributed by atoms with van der Waals surface area (Å²) in [7, 11) is 0. The fourth-order valence-corrected chi connectivity index (χ4v) is 3.28. The molecule has 2 N–H and O–H groups in total. The SMILES string of the molecule is Cc1cc(C)cc(OCCN2C(C)CCCC2CN)c1. The van der Waals surface area contributed by atoms with Crippen molar-refractivity contribution >= 4 is 0 Å². The molecule has 0 aromatic heterocycles. The molecule has 0 spiro atoms. The number of piperidine rings is 1. The molecule has 0 amide bonds. The highest BCUT2D eigenvalue weighted by Gasteiger charge is 2.26. The molecule has 0 saturated carbocycles. The van der Waals surface area contributed by atoms with E-state index in [-0.39, 0.29) is 0 Å². The zero-order valence-corrected chi connectivity index (χ0v) is 13.1. The second kappa shape index (κ2) is 7.09. The number of nitrogens with zero attached hydrogens (tertiary/aromatic N) is 1. The van der Waals surface area contributed by atoms with Crippen molar-refractivity contribution in [2.45, 2.75) is 52.1 Å². The summed E-state index contributed by atoms with van der Waals surface area (Å²) < 4.78 is 5.93. The van der Waals surface area contributed by atoms with Gasteiger partial charge in [0.2, 0.25) is 0 Å². The minimum atomic E-state index is 0.529. The quantitative estimate of drug-likeness (QED) is 0.898. The van der Waals surface area contributed by atoms with Gasteiger partial charge in [0, 0.05) is 25.2 Å². The number of likely N-dealkylation sites (tertiary alicyclic amines) is 1. The van der Waals surface area contributed by atoms with Gasteiger partial charge in [-0.05, 0) is 56.9 Å². The van der Waals surface area contributed by atoms with Gasteiger partial charge in [0.1, 0.15) is 12.4 Å². The lowest BCUT2D eigenvalue weighted by atomic mass is 9.96. The fraction of sp³-hybridized carbons (Fsp3) is 0.647. The van der Waals surface area contributed by atoms with Crippen LogP contribution in [0.3, 0.4) is 0 Å². The number of hydrogen-bond acceptors (Lipinski definition) is 3. The summed E-state index contributed by atoms with van der Waals surface area (Å²) in [6.07, 6.45) is 3.81. The van der Waals surface area contributed by atoms with E-state index in [0.29, 0.717) is 12.1 Å². The Morgan fingerprint density at radius 1 is 1.20 bits per heavy atom. The number of benzene rings is 1. The minimum Gasteiger partial charge on any atom is -0.492 e. The van der Waals surface area contributed by atoms with Gasteiger partial charge in [-0.15, -0.1) is 0 Å². The highest BCUT2D eigenvalue weighted by molar-refractivity contribution is 5.32. The zero-order chi connectivity index (χ0) is 14.5. The normalized spacial score (nSPS) is 23.8. The maximum Gasteiger partial charge on any atom is 0.119 e. The topological polar surface area (TPSA) is 38.5 Å². The van der Waals surface area contributed by atoms with Gasteiger partial charge in [-0.1, -0.05) is 12.5 Å². The third-order valence-electron chi connectivity index (χ3n) is 4.28. The smallest absolute Gasteiger partial charge is 0.119 e. The van der Waals surface area contributed by atoms with Gasteiger partial charge >= 0.3 is 0 Å². The molecule has 1 fully saturated rings. The van der Waals surface area contributed by atoms with Crippen LogP contribution in [0, 0.1) is 13.8 Å². The van der Waals surface area contributed by atoms with Crippen LogP contribution in [-0.4, -0.2) is 36.7 Å². The lowest BCUT2D eigenvalue weighted by Crippen LogP contribution is -2.50. The third-order valence-corrected chi connectivity index (χ3v) is 4.28. The van der Waals surface area contributed by atoms with Crippen molar-refractivity contribution in [3.8, 4) is 5.75 Å². The Bertz CT molecular complexity index is 413. The number of hydrogen-bond donors (Lipinski definition) is 1. The largest absolute Gasteiger partial charge is 0.492 e. The molecular formula is C17H28N2O. The van der Waals surface area contributed by atoms with E-state index in [1.54, 1.807) is 0 Å².